The molecule has 0 aliphatic heterocycles. The quantitative estimate of drug-likeness (QED) is 0.432. The molecule has 0 aliphatic rings. The minimum absolute atomic E-state index is 0.00896. The summed E-state index contributed by atoms with van der Waals surface area (Å²) in [6.45, 7) is 5.61. The number of hydrogen-bond acceptors (Lipinski definition) is 8. The highest BCUT2D eigenvalue weighted by Crippen LogP contribution is 2.18. The van der Waals surface area contributed by atoms with Crippen LogP contribution in [0.2, 0.25) is 0 Å². The maximum absolute atomic E-state index is 12.7. The zero-order valence-electron chi connectivity index (χ0n) is 17.5. The van der Waals surface area contributed by atoms with Crippen molar-refractivity contribution < 1.29 is 14.1 Å². The molecular formula is C21H19N7O4. The number of aryl methyl sites for hydroxylation is 2. The number of nitrogens with zero attached hydrogens (tertiary/aromatic N) is 4. The molecule has 3 heterocycles. The van der Waals surface area contributed by atoms with E-state index >= 15 is 0 Å². The number of aromatic amines is 1. The average molecular weight is 433 g/mol. The monoisotopic (exact) mass is 433 g/mol. The van der Waals surface area contributed by atoms with Gasteiger partial charge >= 0.3 is 0 Å². The Balaban J connectivity index is 1.47. The fourth-order valence-electron chi connectivity index (χ4n) is 2.98. The van der Waals surface area contributed by atoms with Gasteiger partial charge in [0.2, 0.25) is 0 Å². The number of carbonyl (C=O) groups is 2. The number of anilines is 1. The van der Waals surface area contributed by atoms with Crippen LogP contribution in [-0.4, -0.2) is 36.9 Å². The Kier molecular flexibility index (Phi) is 5.46. The smallest absolute Gasteiger partial charge is 0.277 e. The van der Waals surface area contributed by atoms with Gasteiger partial charge in [-0.2, -0.15) is 0 Å². The Labute approximate surface area is 181 Å². The van der Waals surface area contributed by atoms with Crippen LogP contribution >= 0.6 is 0 Å². The highest BCUT2D eigenvalue weighted by atomic mass is 16.5. The van der Waals surface area contributed by atoms with Gasteiger partial charge < -0.3 is 20.1 Å². The number of hydrogen-bond donors (Lipinski definition) is 3. The predicted octanol–water partition coefficient (Wildman–Crippen LogP) is 2.06. The summed E-state index contributed by atoms with van der Waals surface area (Å²) in [5, 5.41) is 9.27. The maximum atomic E-state index is 12.7. The number of rotatable bonds is 5. The van der Waals surface area contributed by atoms with Gasteiger partial charge in [-0.25, -0.2) is 15.0 Å². The molecule has 0 radical (unpaired) electrons. The lowest BCUT2D eigenvalue weighted by molar-refractivity contribution is 0.0928. The Bertz CT molecular complexity index is 1390. The number of benzene rings is 1. The van der Waals surface area contributed by atoms with Crippen LogP contribution in [0.4, 0.5) is 5.69 Å². The van der Waals surface area contributed by atoms with Gasteiger partial charge in [-0.1, -0.05) is 11.2 Å². The normalized spacial score (nSPS) is 11.8. The molecule has 32 heavy (non-hydrogen) atoms. The van der Waals surface area contributed by atoms with Gasteiger partial charge in [0.05, 0.1) is 12.2 Å². The van der Waals surface area contributed by atoms with E-state index < -0.39 is 23.4 Å². The second-order valence-electron chi connectivity index (χ2n) is 7.23. The van der Waals surface area contributed by atoms with Crippen molar-refractivity contribution in [1.82, 2.24) is 30.4 Å². The van der Waals surface area contributed by atoms with Crippen molar-refractivity contribution in [2.45, 2.75) is 26.8 Å². The third kappa shape index (κ3) is 4.21. The van der Waals surface area contributed by atoms with Gasteiger partial charge in [0.25, 0.3) is 17.4 Å². The molecule has 0 unspecified atom stereocenters. The van der Waals surface area contributed by atoms with Crippen LogP contribution < -0.4 is 16.2 Å². The number of fused-ring (bicyclic) bond motifs is 1. The predicted molar refractivity (Wildman–Crippen MR) is 114 cm³/mol. The molecule has 11 nitrogen and oxygen atoms in total. The van der Waals surface area contributed by atoms with Gasteiger partial charge in [-0.3, -0.25) is 14.4 Å². The molecule has 2 amide bonds. The van der Waals surface area contributed by atoms with E-state index in [-0.39, 0.29) is 28.3 Å². The van der Waals surface area contributed by atoms with Crippen LogP contribution in [0.1, 0.15) is 50.8 Å². The molecule has 162 valence electrons. The van der Waals surface area contributed by atoms with Crippen LogP contribution in [0.3, 0.4) is 0 Å². The molecule has 4 aromatic rings. The lowest BCUT2D eigenvalue weighted by atomic mass is 10.1. The maximum Gasteiger partial charge on any atom is 0.277 e. The first-order valence-electron chi connectivity index (χ1n) is 9.68. The standard InChI is InChI=1S/C21H19N7O4/c1-10-4-5-13(6-11(10)2)26-20(30)14-7-15(32-28-14)12(3)25-21(31)18-17-19(24-9-23-18)27-16(29)8-22-17/h4-9,12H,1-3H3,(H,25,31)(H,26,30)(H,23,24,27,29)/t12-/m1/s1. The summed E-state index contributed by atoms with van der Waals surface area (Å²) in [5.74, 6) is -0.706. The first-order chi connectivity index (χ1) is 15.3. The van der Waals surface area contributed by atoms with Crippen molar-refractivity contribution in [3.05, 3.63) is 75.4 Å². The van der Waals surface area contributed by atoms with Crippen molar-refractivity contribution in [3.8, 4) is 0 Å². The van der Waals surface area contributed by atoms with E-state index in [1.807, 2.05) is 26.0 Å². The molecule has 4 rings (SSSR count). The molecular weight excluding hydrogens is 414 g/mol. The van der Waals surface area contributed by atoms with Gasteiger partial charge in [-0.15, -0.1) is 0 Å². The molecule has 0 bridgehead atoms. The lowest BCUT2D eigenvalue weighted by Gasteiger charge is -2.10. The van der Waals surface area contributed by atoms with Gasteiger partial charge in [0.15, 0.2) is 22.8 Å². The number of amides is 2. The molecule has 0 aliphatic carbocycles. The topological polar surface area (TPSA) is 156 Å². The number of nitrogens with one attached hydrogen (secondary N) is 3. The van der Waals surface area contributed by atoms with Crippen molar-refractivity contribution >= 4 is 28.7 Å². The zero-order chi connectivity index (χ0) is 22.8. The number of carbonyl (C=O) groups excluding carboxylic acids is 2. The highest BCUT2D eigenvalue weighted by molar-refractivity contribution is 6.03. The Morgan fingerprint density at radius 3 is 2.66 bits per heavy atom. The van der Waals surface area contributed by atoms with Crippen molar-refractivity contribution in [3.63, 3.8) is 0 Å². The highest BCUT2D eigenvalue weighted by Gasteiger charge is 2.21. The summed E-state index contributed by atoms with van der Waals surface area (Å²) in [4.78, 5) is 50.9. The number of aromatic nitrogens is 5. The van der Waals surface area contributed by atoms with E-state index in [9.17, 15) is 14.4 Å². The first-order valence-corrected chi connectivity index (χ1v) is 9.68. The van der Waals surface area contributed by atoms with E-state index in [1.54, 1.807) is 13.0 Å². The van der Waals surface area contributed by atoms with Gasteiger partial charge in [0, 0.05) is 11.8 Å². The summed E-state index contributed by atoms with van der Waals surface area (Å²) in [5.41, 5.74) is 2.74. The Morgan fingerprint density at radius 1 is 1.06 bits per heavy atom. The molecule has 1 aromatic carbocycles. The fourth-order valence-corrected chi connectivity index (χ4v) is 2.98. The minimum Gasteiger partial charge on any atom is -0.358 e. The molecule has 0 saturated heterocycles. The Morgan fingerprint density at radius 2 is 1.88 bits per heavy atom. The van der Waals surface area contributed by atoms with Crippen LogP contribution in [0, 0.1) is 13.8 Å². The van der Waals surface area contributed by atoms with Crippen LogP contribution in [0.5, 0.6) is 0 Å². The molecule has 11 heteroatoms. The van der Waals surface area contributed by atoms with Gasteiger partial charge in [-0.05, 0) is 44.0 Å². The second kappa shape index (κ2) is 8.38. The largest absolute Gasteiger partial charge is 0.358 e. The zero-order valence-corrected chi connectivity index (χ0v) is 17.5. The second-order valence-corrected chi connectivity index (χ2v) is 7.23. The van der Waals surface area contributed by atoms with E-state index in [0.29, 0.717) is 5.69 Å². The lowest BCUT2D eigenvalue weighted by Crippen LogP contribution is -2.28. The molecule has 3 N–H and O–H groups in total. The van der Waals surface area contributed by atoms with Crippen molar-refractivity contribution in [2.75, 3.05) is 5.32 Å². The SMILES string of the molecule is Cc1ccc(NC(=O)c2cc([C@@H](C)NC(=O)c3ncnc4[nH]c(=O)cnc34)on2)cc1C. The third-order valence-electron chi connectivity index (χ3n) is 4.89. The van der Waals surface area contributed by atoms with Gasteiger partial charge in [0.1, 0.15) is 11.8 Å². The number of H-pyrrole nitrogens is 1. The summed E-state index contributed by atoms with van der Waals surface area (Å²) in [7, 11) is 0. The van der Waals surface area contributed by atoms with E-state index in [1.165, 1.54) is 6.07 Å². The Hall–Kier alpha value is -4.41. The molecule has 3 aromatic heterocycles. The first kappa shape index (κ1) is 20.8. The fraction of sp³-hybridized carbons (Fsp3) is 0.190. The van der Waals surface area contributed by atoms with E-state index in [4.69, 9.17) is 4.52 Å². The van der Waals surface area contributed by atoms with Crippen LogP contribution in [0.15, 0.2) is 46.1 Å². The summed E-state index contributed by atoms with van der Waals surface area (Å²) >= 11 is 0. The van der Waals surface area contributed by atoms with Crippen molar-refractivity contribution in [1.29, 1.82) is 0 Å². The summed E-state index contributed by atoms with van der Waals surface area (Å²) < 4.78 is 5.25. The minimum atomic E-state index is -0.619. The molecule has 0 saturated carbocycles. The van der Waals surface area contributed by atoms with Crippen LogP contribution in [-0.2, 0) is 0 Å². The molecule has 0 fully saturated rings. The summed E-state index contributed by atoms with van der Waals surface area (Å²) in [6, 6.07) is 6.42. The van der Waals surface area contributed by atoms with Crippen LogP contribution in [0.25, 0.3) is 11.2 Å². The van der Waals surface area contributed by atoms with E-state index in [2.05, 4.69) is 35.7 Å². The van der Waals surface area contributed by atoms with E-state index in [0.717, 1.165) is 23.7 Å². The average Bonchev–Trinajstić information content (AvgIpc) is 3.26. The summed E-state index contributed by atoms with van der Waals surface area (Å²) in [6.07, 6.45) is 2.20. The molecule has 1 atom stereocenters. The molecule has 0 spiro atoms. The third-order valence-corrected chi connectivity index (χ3v) is 4.89. The van der Waals surface area contributed by atoms with Crippen molar-refractivity contribution in [2.24, 2.45) is 0 Å².